The Morgan fingerprint density at radius 1 is 1.04 bits per heavy atom. The van der Waals surface area contributed by atoms with Crippen LogP contribution in [0.4, 0.5) is 18.9 Å². The van der Waals surface area contributed by atoms with Crippen LogP contribution in [-0.2, 0) is 16.2 Å². The summed E-state index contributed by atoms with van der Waals surface area (Å²) < 4.78 is 65.3. The Balaban J connectivity index is 2.47. The van der Waals surface area contributed by atoms with E-state index in [4.69, 9.17) is 11.6 Å². The van der Waals surface area contributed by atoms with Gasteiger partial charge < -0.3 is 0 Å². The van der Waals surface area contributed by atoms with Gasteiger partial charge in [-0.25, -0.2) is 8.42 Å². The lowest BCUT2D eigenvalue weighted by Crippen LogP contribution is -2.16. The van der Waals surface area contributed by atoms with Gasteiger partial charge >= 0.3 is 6.18 Å². The van der Waals surface area contributed by atoms with Crippen LogP contribution < -0.4 is 4.72 Å². The highest BCUT2D eigenvalue weighted by Crippen LogP contribution is 2.34. The van der Waals surface area contributed by atoms with Gasteiger partial charge in [-0.3, -0.25) is 4.72 Å². The largest absolute Gasteiger partial charge is 0.416 e. The number of halogens is 4. The number of rotatable bonds is 3. The van der Waals surface area contributed by atoms with Crippen LogP contribution in [0.3, 0.4) is 0 Å². The smallest absolute Gasteiger partial charge is 0.279 e. The SMILES string of the molecule is Cc1ccc(NS(=O)(=O)c2cc(C(F)(F)F)ccc2Cl)c(C)c1. The van der Waals surface area contributed by atoms with Crippen molar-refractivity contribution in [2.45, 2.75) is 24.9 Å². The molecule has 0 aliphatic heterocycles. The van der Waals surface area contributed by atoms with Crippen LogP contribution in [-0.4, -0.2) is 8.42 Å². The van der Waals surface area contributed by atoms with E-state index in [0.717, 1.165) is 17.7 Å². The highest BCUT2D eigenvalue weighted by Gasteiger charge is 2.32. The number of anilines is 1. The van der Waals surface area contributed by atoms with Gasteiger partial charge in [0.1, 0.15) is 4.90 Å². The highest BCUT2D eigenvalue weighted by molar-refractivity contribution is 7.92. The van der Waals surface area contributed by atoms with Crippen molar-refractivity contribution < 1.29 is 21.6 Å². The molecule has 0 radical (unpaired) electrons. The Kier molecular flexibility index (Phi) is 4.64. The van der Waals surface area contributed by atoms with E-state index >= 15 is 0 Å². The minimum absolute atomic E-state index is 0.282. The van der Waals surface area contributed by atoms with Crippen molar-refractivity contribution in [2.24, 2.45) is 0 Å². The summed E-state index contributed by atoms with van der Waals surface area (Å²) in [5.74, 6) is 0. The summed E-state index contributed by atoms with van der Waals surface area (Å²) >= 11 is 5.78. The molecule has 0 heterocycles. The molecule has 0 atom stereocenters. The number of aryl methyl sites for hydroxylation is 2. The van der Waals surface area contributed by atoms with E-state index in [0.29, 0.717) is 11.6 Å². The zero-order valence-corrected chi connectivity index (χ0v) is 13.8. The molecule has 1 N–H and O–H groups in total. The van der Waals surface area contributed by atoms with Crippen LogP contribution in [0.15, 0.2) is 41.3 Å². The van der Waals surface area contributed by atoms with Gasteiger partial charge in [0.05, 0.1) is 16.3 Å². The maximum absolute atomic E-state index is 12.8. The van der Waals surface area contributed by atoms with E-state index in [1.54, 1.807) is 25.1 Å². The summed E-state index contributed by atoms with van der Waals surface area (Å²) in [6.07, 6.45) is -4.66. The Hall–Kier alpha value is -1.73. The minimum Gasteiger partial charge on any atom is -0.279 e. The first-order valence-corrected chi connectivity index (χ1v) is 8.33. The summed E-state index contributed by atoms with van der Waals surface area (Å²) in [5, 5.41) is -0.282. The number of hydrogen-bond donors (Lipinski definition) is 1. The van der Waals surface area contributed by atoms with Gasteiger partial charge in [-0.05, 0) is 43.7 Å². The maximum atomic E-state index is 12.8. The topological polar surface area (TPSA) is 46.2 Å². The van der Waals surface area contributed by atoms with Crippen molar-refractivity contribution in [3.05, 3.63) is 58.1 Å². The van der Waals surface area contributed by atoms with Gasteiger partial charge in [-0.2, -0.15) is 13.2 Å². The molecule has 0 unspecified atom stereocenters. The Labute approximate surface area is 137 Å². The van der Waals surface area contributed by atoms with Gasteiger partial charge in [0.25, 0.3) is 10.0 Å². The molecule has 0 amide bonds. The Morgan fingerprint density at radius 2 is 1.70 bits per heavy atom. The summed E-state index contributed by atoms with van der Waals surface area (Å²) in [4.78, 5) is -0.617. The average Bonchev–Trinajstić information content (AvgIpc) is 2.41. The molecule has 0 aromatic heterocycles. The predicted octanol–water partition coefficient (Wildman–Crippen LogP) is 4.78. The van der Waals surface area contributed by atoms with Gasteiger partial charge in [0.2, 0.25) is 0 Å². The molecular formula is C15H13ClF3NO2S. The molecule has 0 saturated heterocycles. The summed E-state index contributed by atoms with van der Waals surface area (Å²) in [5.41, 5.74) is 0.784. The molecule has 124 valence electrons. The van der Waals surface area contributed by atoms with Crippen LogP contribution in [0.5, 0.6) is 0 Å². The van der Waals surface area contributed by atoms with E-state index < -0.39 is 26.7 Å². The molecule has 2 aromatic rings. The van der Waals surface area contributed by atoms with Crippen molar-refractivity contribution in [3.63, 3.8) is 0 Å². The fourth-order valence-electron chi connectivity index (χ4n) is 2.01. The first kappa shape index (κ1) is 17.6. The average molecular weight is 364 g/mol. The maximum Gasteiger partial charge on any atom is 0.416 e. The number of alkyl halides is 3. The normalized spacial score (nSPS) is 12.3. The zero-order chi connectivity index (χ0) is 17.4. The quantitative estimate of drug-likeness (QED) is 0.853. The van der Waals surface area contributed by atoms with Crippen molar-refractivity contribution >= 4 is 27.3 Å². The zero-order valence-electron chi connectivity index (χ0n) is 12.2. The second-order valence-corrected chi connectivity index (χ2v) is 7.12. The second kappa shape index (κ2) is 6.05. The second-order valence-electron chi connectivity index (χ2n) is 5.07. The molecule has 3 nitrogen and oxygen atoms in total. The predicted molar refractivity (Wildman–Crippen MR) is 83.2 cm³/mol. The molecule has 0 aliphatic rings. The van der Waals surface area contributed by atoms with Crippen molar-refractivity contribution in [1.82, 2.24) is 0 Å². The van der Waals surface area contributed by atoms with Crippen LogP contribution >= 0.6 is 11.6 Å². The third kappa shape index (κ3) is 3.97. The van der Waals surface area contributed by atoms with Gasteiger partial charge in [0.15, 0.2) is 0 Å². The lowest BCUT2D eigenvalue weighted by molar-refractivity contribution is -0.137. The van der Waals surface area contributed by atoms with Crippen molar-refractivity contribution in [3.8, 4) is 0 Å². The summed E-state index contributed by atoms with van der Waals surface area (Å²) in [6.45, 7) is 3.54. The first-order valence-electron chi connectivity index (χ1n) is 6.47. The molecule has 0 spiro atoms. The van der Waals surface area contributed by atoms with Crippen molar-refractivity contribution in [1.29, 1.82) is 0 Å². The van der Waals surface area contributed by atoms with Crippen molar-refractivity contribution in [2.75, 3.05) is 4.72 Å². The standard InChI is InChI=1S/C15H13ClF3NO2S/c1-9-3-6-13(10(2)7-9)20-23(21,22)14-8-11(15(17,18)19)4-5-12(14)16/h3-8,20H,1-2H3. The van der Waals surface area contributed by atoms with Gasteiger partial charge in [0, 0.05) is 0 Å². The number of hydrogen-bond acceptors (Lipinski definition) is 2. The van der Waals surface area contributed by atoms with E-state index in [-0.39, 0.29) is 10.7 Å². The number of nitrogens with one attached hydrogen (secondary N) is 1. The molecule has 2 rings (SSSR count). The minimum atomic E-state index is -4.66. The molecule has 0 bridgehead atoms. The van der Waals surface area contributed by atoms with Crippen LogP contribution in [0.25, 0.3) is 0 Å². The van der Waals surface area contributed by atoms with Crippen LogP contribution in [0.1, 0.15) is 16.7 Å². The van der Waals surface area contributed by atoms with E-state index in [2.05, 4.69) is 4.72 Å². The van der Waals surface area contributed by atoms with Crippen LogP contribution in [0, 0.1) is 13.8 Å². The lowest BCUT2D eigenvalue weighted by atomic mass is 10.1. The summed E-state index contributed by atoms with van der Waals surface area (Å²) in [7, 11) is -4.24. The molecule has 2 aromatic carbocycles. The molecule has 23 heavy (non-hydrogen) atoms. The van der Waals surface area contributed by atoms with Gasteiger partial charge in [-0.15, -0.1) is 0 Å². The van der Waals surface area contributed by atoms with Crippen LogP contribution in [0.2, 0.25) is 5.02 Å². The van der Waals surface area contributed by atoms with E-state index in [9.17, 15) is 21.6 Å². The molecule has 8 heteroatoms. The molecule has 0 fully saturated rings. The number of sulfonamides is 1. The first-order chi connectivity index (χ1) is 10.5. The molecular weight excluding hydrogens is 351 g/mol. The van der Waals surface area contributed by atoms with E-state index in [1.165, 1.54) is 0 Å². The summed E-state index contributed by atoms with van der Waals surface area (Å²) in [6, 6.07) is 7.17. The third-order valence-electron chi connectivity index (χ3n) is 3.17. The van der Waals surface area contributed by atoms with Gasteiger partial charge in [-0.1, -0.05) is 29.3 Å². The molecule has 0 aliphatic carbocycles. The fraction of sp³-hybridized carbons (Fsp3) is 0.200. The third-order valence-corrected chi connectivity index (χ3v) is 5.02. The molecule has 0 saturated carbocycles. The van der Waals surface area contributed by atoms with E-state index in [1.807, 2.05) is 6.92 Å². The fourth-order valence-corrected chi connectivity index (χ4v) is 3.67. The lowest BCUT2D eigenvalue weighted by Gasteiger charge is -2.14. The Morgan fingerprint density at radius 3 is 2.26 bits per heavy atom. The number of benzene rings is 2. The Bertz CT molecular complexity index is 848. The highest BCUT2D eigenvalue weighted by atomic mass is 35.5. The monoisotopic (exact) mass is 363 g/mol.